The van der Waals surface area contributed by atoms with Crippen LogP contribution in [0.25, 0.3) is 0 Å². The number of hydrogen-bond acceptors (Lipinski definition) is 4. The molecule has 78 valence electrons. The van der Waals surface area contributed by atoms with Crippen LogP contribution in [0.2, 0.25) is 0 Å². The van der Waals surface area contributed by atoms with Crippen molar-refractivity contribution in [2.75, 3.05) is 13.1 Å². The third kappa shape index (κ3) is 7.70. The van der Waals surface area contributed by atoms with Crippen molar-refractivity contribution in [2.24, 2.45) is 5.73 Å². The summed E-state index contributed by atoms with van der Waals surface area (Å²) in [6, 6.07) is -0.770. The third-order valence-corrected chi connectivity index (χ3v) is 1.63. The topological polar surface area (TPSA) is 95.6 Å². The zero-order valence-corrected chi connectivity index (χ0v) is 7.86. The molecule has 5 nitrogen and oxygen atoms in total. The fourth-order valence-corrected chi connectivity index (χ4v) is 0.881. The molecule has 13 heavy (non-hydrogen) atoms. The molecular weight excluding hydrogens is 172 g/mol. The van der Waals surface area contributed by atoms with Crippen molar-refractivity contribution in [3.63, 3.8) is 0 Å². The Balaban J connectivity index is 3.21. The molecule has 0 aromatic carbocycles. The molecule has 0 aliphatic heterocycles. The molecule has 0 heterocycles. The third-order valence-electron chi connectivity index (χ3n) is 1.63. The molecule has 5 N–H and O–H groups in total. The number of carbonyl (C=O) groups is 1. The van der Waals surface area contributed by atoms with Crippen LogP contribution in [0, 0.1) is 0 Å². The van der Waals surface area contributed by atoms with Gasteiger partial charge in [-0.1, -0.05) is 0 Å². The van der Waals surface area contributed by atoms with Crippen LogP contribution in [-0.2, 0) is 4.79 Å². The van der Waals surface area contributed by atoms with Crippen LogP contribution in [0.3, 0.4) is 0 Å². The summed E-state index contributed by atoms with van der Waals surface area (Å²) >= 11 is 0. The molecule has 0 spiro atoms. The maximum absolute atomic E-state index is 10.3. The van der Waals surface area contributed by atoms with E-state index in [9.17, 15) is 4.79 Å². The lowest BCUT2D eigenvalue weighted by molar-refractivity contribution is -0.138. The minimum atomic E-state index is -0.962. The molecule has 5 heteroatoms. The lowest BCUT2D eigenvalue weighted by Crippen LogP contribution is -2.32. The van der Waals surface area contributed by atoms with E-state index in [1.807, 2.05) is 0 Å². The summed E-state index contributed by atoms with van der Waals surface area (Å²) in [5, 5.41) is 20.3. The van der Waals surface area contributed by atoms with Gasteiger partial charge in [0.2, 0.25) is 0 Å². The highest BCUT2D eigenvalue weighted by Gasteiger charge is 2.09. The van der Waals surface area contributed by atoms with E-state index in [0.29, 0.717) is 25.9 Å². The summed E-state index contributed by atoms with van der Waals surface area (Å²) in [6.07, 6.45) is 0.802. The Labute approximate surface area is 77.9 Å². The number of aliphatic carboxylic acids is 1. The molecule has 0 aromatic heterocycles. The Morgan fingerprint density at radius 3 is 2.69 bits per heavy atom. The van der Waals surface area contributed by atoms with E-state index in [2.05, 4.69) is 5.32 Å². The van der Waals surface area contributed by atoms with Crippen molar-refractivity contribution in [1.82, 2.24) is 5.32 Å². The van der Waals surface area contributed by atoms with Crippen molar-refractivity contribution in [1.29, 1.82) is 0 Å². The largest absolute Gasteiger partial charge is 0.480 e. The highest BCUT2D eigenvalue weighted by Crippen LogP contribution is 1.92. The smallest absolute Gasteiger partial charge is 0.320 e. The standard InChI is InChI=1S/C8H18N2O3/c1-6(11)5-10-4-2-3-7(9)8(12)13/h6-7,10-11H,2-5,9H2,1H3,(H,12,13). The number of aliphatic hydroxyl groups is 1. The van der Waals surface area contributed by atoms with E-state index in [1.165, 1.54) is 0 Å². The second kappa shape index (κ2) is 6.82. The predicted octanol–water partition coefficient (Wildman–Crippen LogP) is -0.851. The van der Waals surface area contributed by atoms with Crippen LogP contribution in [0.15, 0.2) is 0 Å². The number of nitrogens with two attached hydrogens (primary N) is 1. The van der Waals surface area contributed by atoms with Gasteiger partial charge in [0.15, 0.2) is 0 Å². The van der Waals surface area contributed by atoms with E-state index in [0.717, 1.165) is 0 Å². The lowest BCUT2D eigenvalue weighted by Gasteiger charge is -2.08. The Morgan fingerprint density at radius 2 is 2.23 bits per heavy atom. The first kappa shape index (κ1) is 12.3. The number of rotatable bonds is 7. The Hall–Kier alpha value is -0.650. The van der Waals surface area contributed by atoms with Crippen molar-refractivity contribution < 1.29 is 15.0 Å². The second-order valence-corrected chi connectivity index (χ2v) is 3.14. The van der Waals surface area contributed by atoms with Gasteiger partial charge in [0.05, 0.1) is 6.10 Å². The van der Waals surface area contributed by atoms with Gasteiger partial charge in [-0.05, 0) is 26.3 Å². The van der Waals surface area contributed by atoms with Crippen molar-refractivity contribution in [2.45, 2.75) is 31.9 Å². The average Bonchev–Trinajstić information content (AvgIpc) is 2.02. The quantitative estimate of drug-likeness (QED) is 0.392. The first-order valence-electron chi connectivity index (χ1n) is 4.41. The second-order valence-electron chi connectivity index (χ2n) is 3.14. The molecule has 0 saturated heterocycles. The van der Waals surface area contributed by atoms with E-state index in [4.69, 9.17) is 15.9 Å². The number of aliphatic hydroxyl groups excluding tert-OH is 1. The summed E-state index contributed by atoms with van der Waals surface area (Å²) in [7, 11) is 0. The highest BCUT2D eigenvalue weighted by atomic mass is 16.4. The van der Waals surface area contributed by atoms with Gasteiger partial charge >= 0.3 is 5.97 Å². The molecule has 2 unspecified atom stereocenters. The summed E-state index contributed by atoms with van der Waals surface area (Å²) in [4.78, 5) is 10.3. The van der Waals surface area contributed by atoms with Crippen LogP contribution in [0.5, 0.6) is 0 Å². The van der Waals surface area contributed by atoms with Crippen molar-refractivity contribution in [3.05, 3.63) is 0 Å². The molecule has 0 aliphatic carbocycles. The van der Waals surface area contributed by atoms with Gasteiger partial charge in [0.1, 0.15) is 6.04 Å². The molecule has 0 aromatic rings. The van der Waals surface area contributed by atoms with Gasteiger partial charge in [0.25, 0.3) is 0 Å². The fraction of sp³-hybridized carbons (Fsp3) is 0.875. The molecule has 0 bridgehead atoms. The molecule has 0 rings (SSSR count). The fourth-order valence-electron chi connectivity index (χ4n) is 0.881. The molecule has 0 amide bonds. The van der Waals surface area contributed by atoms with Crippen LogP contribution in [-0.4, -0.2) is 41.4 Å². The molecule has 0 radical (unpaired) electrons. The van der Waals surface area contributed by atoms with E-state index < -0.39 is 12.0 Å². The molecule has 0 saturated carbocycles. The molecule has 0 fully saturated rings. The van der Waals surface area contributed by atoms with Crippen LogP contribution in [0.1, 0.15) is 19.8 Å². The van der Waals surface area contributed by atoms with Gasteiger partial charge < -0.3 is 21.3 Å². The van der Waals surface area contributed by atoms with Gasteiger partial charge in [-0.2, -0.15) is 0 Å². The molecule has 0 aliphatic rings. The van der Waals surface area contributed by atoms with Gasteiger partial charge in [-0.25, -0.2) is 0 Å². The minimum absolute atomic E-state index is 0.367. The first-order chi connectivity index (χ1) is 6.04. The minimum Gasteiger partial charge on any atom is -0.480 e. The zero-order valence-electron chi connectivity index (χ0n) is 7.86. The SMILES string of the molecule is CC(O)CNCCCC(N)C(=O)O. The molecular formula is C8H18N2O3. The normalized spacial score (nSPS) is 15.3. The van der Waals surface area contributed by atoms with E-state index >= 15 is 0 Å². The molecule has 2 atom stereocenters. The Morgan fingerprint density at radius 1 is 1.62 bits per heavy atom. The van der Waals surface area contributed by atoms with Crippen molar-refractivity contribution >= 4 is 5.97 Å². The first-order valence-corrected chi connectivity index (χ1v) is 4.41. The van der Waals surface area contributed by atoms with E-state index in [1.54, 1.807) is 6.92 Å². The summed E-state index contributed by atoms with van der Waals surface area (Å²) in [5.74, 6) is -0.962. The summed E-state index contributed by atoms with van der Waals surface area (Å²) < 4.78 is 0. The number of nitrogens with one attached hydrogen (secondary N) is 1. The Kier molecular flexibility index (Phi) is 6.48. The number of carboxylic acids is 1. The van der Waals surface area contributed by atoms with Crippen LogP contribution >= 0.6 is 0 Å². The highest BCUT2D eigenvalue weighted by molar-refractivity contribution is 5.72. The van der Waals surface area contributed by atoms with Gasteiger partial charge in [0, 0.05) is 6.54 Å². The summed E-state index contributed by atoms with van der Waals surface area (Å²) in [5.41, 5.74) is 5.28. The Bertz CT molecular complexity index is 150. The van der Waals surface area contributed by atoms with Gasteiger partial charge in [-0.3, -0.25) is 4.79 Å². The maximum atomic E-state index is 10.3. The predicted molar refractivity (Wildman–Crippen MR) is 49.4 cm³/mol. The zero-order chi connectivity index (χ0) is 10.3. The lowest BCUT2D eigenvalue weighted by atomic mass is 10.2. The monoisotopic (exact) mass is 190 g/mol. The number of hydrogen-bond donors (Lipinski definition) is 4. The average molecular weight is 190 g/mol. The number of carboxylic acid groups (broad SMARTS) is 1. The summed E-state index contributed by atoms with van der Waals surface area (Å²) in [6.45, 7) is 2.91. The van der Waals surface area contributed by atoms with Crippen molar-refractivity contribution in [3.8, 4) is 0 Å². The van der Waals surface area contributed by atoms with E-state index in [-0.39, 0.29) is 6.10 Å². The van der Waals surface area contributed by atoms with Crippen LogP contribution < -0.4 is 11.1 Å². The van der Waals surface area contributed by atoms with Gasteiger partial charge in [-0.15, -0.1) is 0 Å². The van der Waals surface area contributed by atoms with Crippen LogP contribution in [0.4, 0.5) is 0 Å². The maximum Gasteiger partial charge on any atom is 0.320 e.